The highest BCUT2D eigenvalue weighted by atomic mass is 32.1. The molecule has 0 aliphatic carbocycles. The monoisotopic (exact) mass is 290 g/mol. The number of aromatic nitrogens is 1. The molecule has 1 atom stereocenters. The van der Waals surface area contributed by atoms with Crippen LogP contribution in [0.15, 0.2) is 18.3 Å². The van der Waals surface area contributed by atoms with Crippen LogP contribution in [-0.4, -0.2) is 17.7 Å². The van der Waals surface area contributed by atoms with Gasteiger partial charge in [-0.05, 0) is 26.0 Å². The molecule has 0 radical (unpaired) electrons. The average Bonchev–Trinajstić information content (AvgIpc) is 3.03. The van der Waals surface area contributed by atoms with Crippen LogP contribution < -0.4 is 15.2 Å². The molecule has 1 aliphatic rings. The van der Waals surface area contributed by atoms with E-state index >= 15 is 0 Å². The van der Waals surface area contributed by atoms with E-state index in [9.17, 15) is 0 Å². The van der Waals surface area contributed by atoms with E-state index in [1.807, 2.05) is 19.2 Å². The Morgan fingerprint density at radius 3 is 3.05 bits per heavy atom. The summed E-state index contributed by atoms with van der Waals surface area (Å²) in [7, 11) is 0. The van der Waals surface area contributed by atoms with Gasteiger partial charge in [-0.3, -0.25) is 0 Å². The first-order chi connectivity index (χ1) is 9.71. The van der Waals surface area contributed by atoms with Gasteiger partial charge in [0, 0.05) is 29.6 Å². The molecule has 5 heteroatoms. The van der Waals surface area contributed by atoms with Crippen molar-refractivity contribution >= 4 is 11.3 Å². The van der Waals surface area contributed by atoms with E-state index < -0.39 is 0 Å². The van der Waals surface area contributed by atoms with E-state index in [0.29, 0.717) is 13.2 Å². The summed E-state index contributed by atoms with van der Waals surface area (Å²) in [6, 6.07) is 4.13. The molecule has 106 valence electrons. The van der Waals surface area contributed by atoms with Gasteiger partial charge in [0.05, 0.1) is 12.2 Å². The van der Waals surface area contributed by atoms with E-state index in [1.165, 1.54) is 5.56 Å². The van der Waals surface area contributed by atoms with Gasteiger partial charge in [-0.2, -0.15) is 0 Å². The minimum Gasteiger partial charge on any atom is -0.493 e. The molecule has 0 bridgehead atoms. The number of fused-ring (bicyclic) bond motifs is 1. The second kappa shape index (κ2) is 5.42. The van der Waals surface area contributed by atoms with E-state index in [4.69, 9.17) is 15.2 Å². The van der Waals surface area contributed by atoms with Crippen molar-refractivity contribution in [1.29, 1.82) is 0 Å². The summed E-state index contributed by atoms with van der Waals surface area (Å²) in [6.07, 6.45) is 2.99. The molecular formula is C15H18N2O2S. The van der Waals surface area contributed by atoms with Crippen molar-refractivity contribution in [2.75, 3.05) is 6.61 Å². The second-order valence-corrected chi connectivity index (χ2v) is 5.97. The predicted octanol–water partition coefficient (Wildman–Crippen LogP) is 2.99. The molecular weight excluding hydrogens is 272 g/mol. The Morgan fingerprint density at radius 1 is 1.50 bits per heavy atom. The van der Waals surface area contributed by atoms with Gasteiger partial charge in [0.2, 0.25) is 0 Å². The van der Waals surface area contributed by atoms with Crippen LogP contribution in [0.5, 0.6) is 11.5 Å². The lowest BCUT2D eigenvalue weighted by Gasteiger charge is -2.10. The molecule has 1 aromatic heterocycles. The van der Waals surface area contributed by atoms with Crippen LogP contribution in [0, 0.1) is 0 Å². The zero-order valence-corrected chi connectivity index (χ0v) is 12.5. The zero-order chi connectivity index (χ0) is 14.1. The lowest BCUT2D eigenvalue weighted by molar-refractivity contribution is 0.254. The number of benzene rings is 1. The SMILES string of the molecule is CCOc1cc2c(cc1-c1ncc(CN)s1)OC(C)C2. The maximum Gasteiger partial charge on any atom is 0.130 e. The number of nitrogens with zero attached hydrogens (tertiary/aromatic N) is 1. The summed E-state index contributed by atoms with van der Waals surface area (Å²) >= 11 is 1.60. The van der Waals surface area contributed by atoms with Crippen molar-refractivity contribution in [1.82, 2.24) is 4.98 Å². The molecule has 0 saturated heterocycles. The topological polar surface area (TPSA) is 57.4 Å². The van der Waals surface area contributed by atoms with E-state index in [2.05, 4.69) is 18.0 Å². The van der Waals surface area contributed by atoms with Crippen LogP contribution in [-0.2, 0) is 13.0 Å². The maximum absolute atomic E-state index is 5.83. The number of thiazole rings is 1. The number of nitrogens with two attached hydrogens (primary N) is 1. The fourth-order valence-electron chi connectivity index (χ4n) is 2.41. The van der Waals surface area contributed by atoms with Gasteiger partial charge in [-0.1, -0.05) is 0 Å². The number of ether oxygens (including phenoxy) is 2. The summed E-state index contributed by atoms with van der Waals surface area (Å²) < 4.78 is 11.6. The van der Waals surface area contributed by atoms with E-state index in [1.54, 1.807) is 11.3 Å². The molecule has 0 saturated carbocycles. The average molecular weight is 290 g/mol. The summed E-state index contributed by atoms with van der Waals surface area (Å²) in [5.74, 6) is 1.82. The highest BCUT2D eigenvalue weighted by molar-refractivity contribution is 7.15. The molecule has 1 aliphatic heterocycles. The fourth-order valence-corrected chi connectivity index (χ4v) is 3.22. The first kappa shape index (κ1) is 13.4. The van der Waals surface area contributed by atoms with Crippen molar-refractivity contribution in [3.63, 3.8) is 0 Å². The van der Waals surface area contributed by atoms with Crippen molar-refractivity contribution in [3.05, 3.63) is 28.8 Å². The Bertz CT molecular complexity index is 624. The Kier molecular flexibility index (Phi) is 3.63. The molecule has 2 heterocycles. The van der Waals surface area contributed by atoms with Gasteiger partial charge < -0.3 is 15.2 Å². The van der Waals surface area contributed by atoms with Crippen molar-refractivity contribution in [3.8, 4) is 22.1 Å². The quantitative estimate of drug-likeness (QED) is 0.940. The first-order valence-electron chi connectivity index (χ1n) is 6.82. The Balaban J connectivity index is 2.06. The molecule has 4 nitrogen and oxygen atoms in total. The van der Waals surface area contributed by atoms with Crippen molar-refractivity contribution in [2.24, 2.45) is 5.73 Å². The maximum atomic E-state index is 5.83. The summed E-state index contributed by atoms with van der Waals surface area (Å²) in [6.45, 7) is 5.22. The third-order valence-electron chi connectivity index (χ3n) is 3.28. The zero-order valence-electron chi connectivity index (χ0n) is 11.7. The van der Waals surface area contributed by atoms with Crippen LogP contribution in [0.2, 0.25) is 0 Å². The molecule has 20 heavy (non-hydrogen) atoms. The van der Waals surface area contributed by atoms with Gasteiger partial charge >= 0.3 is 0 Å². The molecule has 3 rings (SSSR count). The standard InChI is InChI=1S/C15H18N2O2S/c1-3-18-14-5-10-4-9(2)19-13(10)6-12(14)15-17-8-11(7-16)20-15/h5-6,8-9H,3-4,7,16H2,1-2H3. The smallest absolute Gasteiger partial charge is 0.130 e. The van der Waals surface area contributed by atoms with Gasteiger partial charge in [-0.15, -0.1) is 11.3 Å². The Hall–Kier alpha value is -1.59. The minimum atomic E-state index is 0.227. The molecule has 2 aromatic rings. The Labute approximate surface area is 122 Å². The number of rotatable bonds is 4. The van der Waals surface area contributed by atoms with Crippen LogP contribution in [0.1, 0.15) is 24.3 Å². The van der Waals surface area contributed by atoms with Gasteiger partial charge in [0.1, 0.15) is 22.6 Å². The third kappa shape index (κ3) is 2.39. The van der Waals surface area contributed by atoms with Crippen LogP contribution in [0.3, 0.4) is 0 Å². The molecule has 0 spiro atoms. The highest BCUT2D eigenvalue weighted by Crippen LogP contribution is 2.41. The summed E-state index contributed by atoms with van der Waals surface area (Å²) in [5, 5.41) is 0.930. The van der Waals surface area contributed by atoms with E-state index in [0.717, 1.165) is 33.4 Å². The fraction of sp³-hybridized carbons (Fsp3) is 0.400. The van der Waals surface area contributed by atoms with Gasteiger partial charge in [0.25, 0.3) is 0 Å². The lowest BCUT2D eigenvalue weighted by Crippen LogP contribution is -2.05. The summed E-state index contributed by atoms with van der Waals surface area (Å²) in [5.41, 5.74) is 7.86. The normalized spacial score (nSPS) is 16.9. The number of hydrogen-bond acceptors (Lipinski definition) is 5. The van der Waals surface area contributed by atoms with Crippen molar-refractivity contribution < 1.29 is 9.47 Å². The number of hydrogen-bond donors (Lipinski definition) is 1. The first-order valence-corrected chi connectivity index (χ1v) is 7.64. The minimum absolute atomic E-state index is 0.227. The molecule has 1 unspecified atom stereocenters. The van der Waals surface area contributed by atoms with Gasteiger partial charge in [-0.25, -0.2) is 4.98 Å². The lowest BCUT2D eigenvalue weighted by atomic mass is 10.1. The molecule has 0 amide bonds. The second-order valence-electron chi connectivity index (χ2n) is 4.86. The predicted molar refractivity (Wildman–Crippen MR) is 80.4 cm³/mol. The van der Waals surface area contributed by atoms with Crippen LogP contribution in [0.4, 0.5) is 0 Å². The van der Waals surface area contributed by atoms with Crippen LogP contribution in [0.25, 0.3) is 10.6 Å². The Morgan fingerprint density at radius 2 is 2.35 bits per heavy atom. The van der Waals surface area contributed by atoms with Crippen molar-refractivity contribution in [2.45, 2.75) is 32.9 Å². The van der Waals surface area contributed by atoms with Gasteiger partial charge in [0.15, 0.2) is 0 Å². The molecule has 1 aromatic carbocycles. The largest absolute Gasteiger partial charge is 0.493 e. The van der Waals surface area contributed by atoms with E-state index in [-0.39, 0.29) is 6.10 Å². The van der Waals surface area contributed by atoms with Crippen LogP contribution >= 0.6 is 11.3 Å². The third-order valence-corrected chi connectivity index (χ3v) is 4.34. The molecule has 0 fully saturated rings. The summed E-state index contributed by atoms with van der Waals surface area (Å²) in [4.78, 5) is 5.51. The molecule has 2 N–H and O–H groups in total. The highest BCUT2D eigenvalue weighted by Gasteiger charge is 2.23.